The first kappa shape index (κ1) is 18.8. The second kappa shape index (κ2) is 8.40. The third kappa shape index (κ3) is 5.51. The first-order valence-electron chi connectivity index (χ1n) is 8.29. The van der Waals surface area contributed by atoms with Crippen LogP contribution in [-0.2, 0) is 6.42 Å². The van der Waals surface area contributed by atoms with Crippen molar-refractivity contribution in [2.45, 2.75) is 65.7 Å². The first-order valence-corrected chi connectivity index (χ1v) is 8.29. The monoisotopic (exact) mass is 310 g/mol. The molecular formula is C19H28F2O. The zero-order valence-electron chi connectivity index (χ0n) is 14.2. The Bertz CT molecular complexity index is 463. The lowest BCUT2D eigenvalue weighted by molar-refractivity contribution is -0.0603. The molecule has 0 radical (unpaired) electrons. The fraction of sp³-hybridized carbons (Fsp3) is 0.632. The lowest BCUT2D eigenvalue weighted by atomic mass is 9.90. The molecule has 124 valence electrons. The summed E-state index contributed by atoms with van der Waals surface area (Å²) < 4.78 is 28.2. The highest BCUT2D eigenvalue weighted by atomic mass is 19.3. The zero-order valence-corrected chi connectivity index (χ0v) is 14.2. The number of benzene rings is 1. The SMILES string of the molecule is CCCCCC(F)(F)C(C)Cc1ccc(C(=O)C(C)C)cc1. The Morgan fingerprint density at radius 2 is 1.68 bits per heavy atom. The molecule has 0 N–H and O–H groups in total. The molecule has 0 bridgehead atoms. The minimum absolute atomic E-state index is 0.0358. The van der Waals surface area contributed by atoms with Crippen LogP contribution in [0.5, 0.6) is 0 Å². The maximum atomic E-state index is 14.1. The second-order valence-corrected chi connectivity index (χ2v) is 6.54. The van der Waals surface area contributed by atoms with Crippen LogP contribution in [0.2, 0.25) is 0 Å². The van der Waals surface area contributed by atoms with Gasteiger partial charge in [0.2, 0.25) is 0 Å². The van der Waals surface area contributed by atoms with Gasteiger partial charge in [-0.1, -0.05) is 64.8 Å². The van der Waals surface area contributed by atoms with Crippen LogP contribution >= 0.6 is 0 Å². The number of carbonyl (C=O) groups excluding carboxylic acids is 1. The Hall–Kier alpha value is -1.25. The Kier molecular flexibility index (Phi) is 7.18. The highest BCUT2D eigenvalue weighted by Crippen LogP contribution is 2.32. The standard InChI is InChI=1S/C19H28F2O/c1-5-6-7-12-19(20,21)15(4)13-16-8-10-17(11-9-16)18(22)14(2)3/h8-11,14-15H,5-7,12-13H2,1-4H3. The summed E-state index contributed by atoms with van der Waals surface area (Å²) in [6.07, 6.45) is 2.70. The molecule has 1 aromatic carbocycles. The van der Waals surface area contributed by atoms with E-state index >= 15 is 0 Å². The van der Waals surface area contributed by atoms with E-state index < -0.39 is 11.8 Å². The molecule has 0 aliphatic carbocycles. The van der Waals surface area contributed by atoms with Gasteiger partial charge in [-0.3, -0.25) is 4.79 Å². The molecule has 0 fully saturated rings. The van der Waals surface area contributed by atoms with E-state index in [0.717, 1.165) is 18.4 Å². The third-order valence-corrected chi connectivity index (χ3v) is 4.14. The van der Waals surface area contributed by atoms with Crippen molar-refractivity contribution in [2.75, 3.05) is 0 Å². The van der Waals surface area contributed by atoms with E-state index in [9.17, 15) is 13.6 Å². The summed E-state index contributed by atoms with van der Waals surface area (Å²) in [6, 6.07) is 7.10. The third-order valence-electron chi connectivity index (χ3n) is 4.14. The van der Waals surface area contributed by atoms with Gasteiger partial charge in [0, 0.05) is 23.8 Å². The van der Waals surface area contributed by atoms with Gasteiger partial charge in [0.1, 0.15) is 0 Å². The van der Waals surface area contributed by atoms with Crippen LogP contribution < -0.4 is 0 Å². The summed E-state index contributed by atoms with van der Waals surface area (Å²) in [5, 5.41) is 0. The Morgan fingerprint density at radius 3 is 2.18 bits per heavy atom. The van der Waals surface area contributed by atoms with Crippen LogP contribution in [0, 0.1) is 11.8 Å². The molecule has 22 heavy (non-hydrogen) atoms. The number of hydrogen-bond donors (Lipinski definition) is 0. The molecule has 0 amide bonds. The van der Waals surface area contributed by atoms with Crippen LogP contribution in [0.25, 0.3) is 0 Å². The maximum Gasteiger partial charge on any atom is 0.250 e. The molecule has 1 unspecified atom stereocenters. The predicted molar refractivity (Wildman–Crippen MR) is 87.6 cm³/mol. The fourth-order valence-electron chi connectivity index (χ4n) is 2.50. The van der Waals surface area contributed by atoms with E-state index in [1.807, 2.05) is 20.8 Å². The van der Waals surface area contributed by atoms with Gasteiger partial charge >= 0.3 is 0 Å². The van der Waals surface area contributed by atoms with Gasteiger partial charge in [-0.15, -0.1) is 0 Å². The molecule has 3 heteroatoms. The predicted octanol–water partition coefficient (Wildman–Crippen LogP) is 5.92. The van der Waals surface area contributed by atoms with E-state index in [4.69, 9.17) is 0 Å². The number of ketones is 1. The largest absolute Gasteiger partial charge is 0.294 e. The van der Waals surface area contributed by atoms with Crippen molar-refractivity contribution in [3.63, 3.8) is 0 Å². The van der Waals surface area contributed by atoms with Crippen molar-refractivity contribution in [3.8, 4) is 0 Å². The van der Waals surface area contributed by atoms with E-state index in [0.29, 0.717) is 18.4 Å². The topological polar surface area (TPSA) is 17.1 Å². The van der Waals surface area contributed by atoms with Crippen LogP contribution in [0.3, 0.4) is 0 Å². The summed E-state index contributed by atoms with van der Waals surface area (Å²) in [6.45, 7) is 7.34. The Balaban J connectivity index is 2.64. The molecule has 0 saturated carbocycles. The number of Topliss-reactive ketones (excluding diaryl/α,β-unsaturated/α-hetero) is 1. The number of hydrogen-bond acceptors (Lipinski definition) is 1. The molecule has 1 rings (SSSR count). The Labute approximate surface area is 133 Å². The minimum atomic E-state index is -2.62. The van der Waals surface area contributed by atoms with Gasteiger partial charge in [-0.2, -0.15) is 0 Å². The van der Waals surface area contributed by atoms with E-state index in [-0.39, 0.29) is 18.1 Å². The quantitative estimate of drug-likeness (QED) is 0.409. The second-order valence-electron chi connectivity index (χ2n) is 6.54. The maximum absolute atomic E-state index is 14.1. The molecule has 0 aliphatic heterocycles. The molecule has 0 aromatic heterocycles. The summed E-state index contributed by atoms with van der Waals surface area (Å²) in [5.41, 5.74) is 1.52. The fourth-order valence-corrected chi connectivity index (χ4v) is 2.50. The summed E-state index contributed by atoms with van der Waals surface area (Å²) in [5.74, 6) is -3.27. The van der Waals surface area contributed by atoms with E-state index in [1.165, 1.54) is 0 Å². The molecule has 0 heterocycles. The van der Waals surface area contributed by atoms with Gasteiger partial charge in [0.05, 0.1) is 0 Å². The number of rotatable bonds is 9. The van der Waals surface area contributed by atoms with Crippen molar-refractivity contribution in [3.05, 3.63) is 35.4 Å². The molecule has 1 atom stereocenters. The van der Waals surface area contributed by atoms with Crippen LogP contribution in [0.4, 0.5) is 8.78 Å². The number of alkyl halides is 2. The van der Waals surface area contributed by atoms with Crippen molar-refractivity contribution in [2.24, 2.45) is 11.8 Å². The van der Waals surface area contributed by atoms with Gasteiger partial charge in [-0.05, 0) is 18.4 Å². The van der Waals surface area contributed by atoms with Crippen molar-refractivity contribution in [1.82, 2.24) is 0 Å². The van der Waals surface area contributed by atoms with E-state index in [2.05, 4.69) is 0 Å². The van der Waals surface area contributed by atoms with Crippen LogP contribution in [-0.4, -0.2) is 11.7 Å². The van der Waals surface area contributed by atoms with Crippen molar-refractivity contribution >= 4 is 5.78 Å². The van der Waals surface area contributed by atoms with Gasteiger partial charge < -0.3 is 0 Å². The first-order chi connectivity index (χ1) is 10.3. The zero-order chi connectivity index (χ0) is 16.8. The molecule has 0 spiro atoms. The average Bonchev–Trinajstić information content (AvgIpc) is 2.47. The molecule has 1 aromatic rings. The molecule has 1 nitrogen and oxygen atoms in total. The number of unbranched alkanes of at least 4 members (excludes halogenated alkanes) is 2. The van der Waals surface area contributed by atoms with Gasteiger partial charge in [0.15, 0.2) is 5.78 Å². The average molecular weight is 310 g/mol. The summed E-state index contributed by atoms with van der Waals surface area (Å²) in [4.78, 5) is 11.9. The normalized spacial score (nSPS) is 13.4. The molecule has 0 saturated heterocycles. The van der Waals surface area contributed by atoms with Crippen LogP contribution in [0.1, 0.15) is 69.3 Å². The summed E-state index contributed by atoms with van der Waals surface area (Å²) >= 11 is 0. The number of halogens is 2. The Morgan fingerprint density at radius 1 is 1.09 bits per heavy atom. The van der Waals surface area contributed by atoms with Crippen LogP contribution in [0.15, 0.2) is 24.3 Å². The van der Waals surface area contributed by atoms with E-state index in [1.54, 1.807) is 31.2 Å². The number of carbonyl (C=O) groups is 1. The lowest BCUT2D eigenvalue weighted by Crippen LogP contribution is -2.27. The van der Waals surface area contributed by atoms with Crippen molar-refractivity contribution in [1.29, 1.82) is 0 Å². The van der Waals surface area contributed by atoms with Gasteiger partial charge in [0.25, 0.3) is 5.92 Å². The smallest absolute Gasteiger partial charge is 0.250 e. The summed E-state index contributed by atoms with van der Waals surface area (Å²) in [7, 11) is 0. The highest BCUT2D eigenvalue weighted by molar-refractivity contribution is 5.97. The minimum Gasteiger partial charge on any atom is -0.294 e. The highest BCUT2D eigenvalue weighted by Gasteiger charge is 2.35. The molecule has 0 aliphatic rings. The lowest BCUT2D eigenvalue weighted by Gasteiger charge is -2.24. The van der Waals surface area contributed by atoms with Gasteiger partial charge in [-0.25, -0.2) is 8.78 Å². The van der Waals surface area contributed by atoms with Crippen molar-refractivity contribution < 1.29 is 13.6 Å². The molecular weight excluding hydrogens is 282 g/mol.